The number of allylic oxidation sites excluding steroid dienone is 1. The molecule has 0 unspecified atom stereocenters. The van der Waals surface area contributed by atoms with Crippen molar-refractivity contribution in [2.45, 2.75) is 70.0 Å². The number of fused-ring (bicyclic) bond motifs is 3. The minimum atomic E-state index is -0.363. The van der Waals surface area contributed by atoms with E-state index >= 15 is 0 Å². The second-order valence-corrected chi connectivity index (χ2v) is 6.80. The highest BCUT2D eigenvalue weighted by Gasteiger charge is 2.50. The topological polar surface area (TPSA) is 35.5 Å². The van der Waals surface area contributed by atoms with E-state index in [2.05, 4.69) is 13.0 Å². The maximum atomic E-state index is 11.8. The Labute approximate surface area is 121 Å². The molecule has 3 rings (SSSR count). The summed E-state index contributed by atoms with van der Waals surface area (Å²) >= 11 is 0. The average Bonchev–Trinajstić information content (AvgIpc) is 2.47. The minimum absolute atomic E-state index is 0.147. The van der Waals surface area contributed by atoms with Gasteiger partial charge in [0.25, 0.3) is 0 Å². The molecule has 112 valence electrons. The smallest absolute Gasteiger partial charge is 0.308 e. The van der Waals surface area contributed by atoms with E-state index in [1.807, 2.05) is 0 Å². The molecule has 1 saturated heterocycles. The first-order valence-corrected chi connectivity index (χ1v) is 8.08. The Bertz CT molecular complexity index is 414. The van der Waals surface area contributed by atoms with Crippen LogP contribution in [0.5, 0.6) is 0 Å². The van der Waals surface area contributed by atoms with Crippen LogP contribution in [0.2, 0.25) is 0 Å². The van der Waals surface area contributed by atoms with Crippen molar-refractivity contribution in [2.75, 3.05) is 7.11 Å². The number of hydrogen-bond donors (Lipinski definition) is 0. The predicted octanol–water partition coefficient (Wildman–Crippen LogP) is 3.62. The minimum Gasteiger partial charge on any atom is -0.469 e. The Morgan fingerprint density at radius 3 is 2.95 bits per heavy atom. The third kappa shape index (κ3) is 2.41. The second kappa shape index (κ2) is 5.51. The molecule has 2 fully saturated rings. The van der Waals surface area contributed by atoms with Gasteiger partial charge in [0.1, 0.15) is 0 Å². The lowest BCUT2D eigenvalue weighted by Gasteiger charge is -2.52. The van der Waals surface area contributed by atoms with E-state index in [1.165, 1.54) is 39.2 Å². The molecule has 0 amide bonds. The molecule has 3 heteroatoms. The van der Waals surface area contributed by atoms with Crippen molar-refractivity contribution in [1.82, 2.24) is 0 Å². The Morgan fingerprint density at radius 1 is 1.35 bits per heavy atom. The van der Waals surface area contributed by atoms with Crippen LogP contribution in [-0.2, 0) is 14.3 Å². The Hall–Kier alpha value is -0.830. The van der Waals surface area contributed by atoms with Crippen LogP contribution in [0.3, 0.4) is 0 Å². The van der Waals surface area contributed by atoms with E-state index in [-0.39, 0.29) is 11.6 Å². The lowest BCUT2D eigenvalue weighted by Crippen LogP contribution is -2.53. The Morgan fingerprint density at radius 2 is 2.15 bits per heavy atom. The first-order chi connectivity index (χ1) is 9.64. The van der Waals surface area contributed by atoms with Gasteiger partial charge in [0.15, 0.2) is 0 Å². The van der Waals surface area contributed by atoms with Gasteiger partial charge in [-0.3, -0.25) is 4.79 Å². The highest BCUT2D eigenvalue weighted by atomic mass is 16.5. The van der Waals surface area contributed by atoms with Crippen molar-refractivity contribution in [3.05, 3.63) is 11.6 Å². The lowest BCUT2D eigenvalue weighted by atomic mass is 9.64. The highest BCUT2D eigenvalue weighted by molar-refractivity contribution is 5.70. The highest BCUT2D eigenvalue weighted by Crippen LogP contribution is 2.51. The maximum absolute atomic E-state index is 11.8. The van der Waals surface area contributed by atoms with E-state index < -0.39 is 0 Å². The number of rotatable bonds is 2. The summed E-state index contributed by atoms with van der Waals surface area (Å²) in [6.45, 7) is 2.12. The third-order valence-corrected chi connectivity index (χ3v) is 5.49. The van der Waals surface area contributed by atoms with Crippen molar-refractivity contribution in [3.63, 3.8) is 0 Å². The number of hydrogen-bond acceptors (Lipinski definition) is 3. The molecule has 1 heterocycles. The lowest BCUT2D eigenvalue weighted by molar-refractivity contribution is -0.181. The summed E-state index contributed by atoms with van der Waals surface area (Å²) in [6.07, 6.45) is 11.7. The summed E-state index contributed by atoms with van der Waals surface area (Å²) in [5.74, 6) is 0.876. The number of ether oxygens (including phenoxy) is 2. The van der Waals surface area contributed by atoms with Gasteiger partial charge >= 0.3 is 5.97 Å². The van der Waals surface area contributed by atoms with Crippen molar-refractivity contribution in [2.24, 2.45) is 11.8 Å². The molecule has 0 aromatic rings. The van der Waals surface area contributed by atoms with Gasteiger partial charge in [-0.2, -0.15) is 0 Å². The molecule has 2 aliphatic carbocycles. The number of carbonyl (C=O) groups is 1. The zero-order valence-electron chi connectivity index (χ0n) is 12.7. The number of methoxy groups -OCH3 is 1. The van der Waals surface area contributed by atoms with Crippen LogP contribution < -0.4 is 0 Å². The molecular formula is C17H26O3. The van der Waals surface area contributed by atoms with Crippen LogP contribution in [-0.4, -0.2) is 24.8 Å². The van der Waals surface area contributed by atoms with E-state index in [1.54, 1.807) is 5.57 Å². The molecule has 3 nitrogen and oxygen atoms in total. The molecule has 0 aromatic heterocycles. The molecule has 1 aliphatic heterocycles. The van der Waals surface area contributed by atoms with Crippen LogP contribution >= 0.6 is 0 Å². The van der Waals surface area contributed by atoms with Crippen molar-refractivity contribution in [3.8, 4) is 0 Å². The summed E-state index contributed by atoms with van der Waals surface area (Å²) in [5, 5.41) is 0. The van der Waals surface area contributed by atoms with E-state index in [4.69, 9.17) is 9.47 Å². The van der Waals surface area contributed by atoms with Crippen molar-refractivity contribution < 1.29 is 14.3 Å². The van der Waals surface area contributed by atoms with Gasteiger partial charge in [0.2, 0.25) is 0 Å². The predicted molar refractivity (Wildman–Crippen MR) is 77.3 cm³/mol. The summed E-state index contributed by atoms with van der Waals surface area (Å²) in [4.78, 5) is 11.8. The zero-order chi connectivity index (χ0) is 14.2. The fourth-order valence-electron chi connectivity index (χ4n) is 4.54. The first kappa shape index (κ1) is 14.1. The largest absolute Gasteiger partial charge is 0.469 e. The zero-order valence-corrected chi connectivity index (χ0v) is 12.7. The van der Waals surface area contributed by atoms with E-state index in [0.717, 1.165) is 12.8 Å². The summed E-state index contributed by atoms with van der Waals surface area (Å²) in [5.41, 5.74) is 1.23. The molecule has 0 bridgehead atoms. The van der Waals surface area contributed by atoms with Gasteiger partial charge in [-0.05, 0) is 39.0 Å². The van der Waals surface area contributed by atoms with Crippen molar-refractivity contribution in [1.29, 1.82) is 0 Å². The second-order valence-electron chi connectivity index (χ2n) is 6.80. The van der Waals surface area contributed by atoms with Crippen LogP contribution in [0.25, 0.3) is 0 Å². The first-order valence-electron chi connectivity index (χ1n) is 8.08. The average molecular weight is 278 g/mol. The van der Waals surface area contributed by atoms with Crippen molar-refractivity contribution >= 4 is 5.97 Å². The van der Waals surface area contributed by atoms with Gasteiger partial charge in [-0.25, -0.2) is 0 Å². The molecular weight excluding hydrogens is 252 g/mol. The molecule has 1 saturated carbocycles. The van der Waals surface area contributed by atoms with E-state index in [9.17, 15) is 4.79 Å². The molecule has 0 N–H and O–H groups in total. The molecule has 0 aromatic carbocycles. The monoisotopic (exact) mass is 278 g/mol. The van der Waals surface area contributed by atoms with Crippen LogP contribution in [0, 0.1) is 11.8 Å². The number of carbonyl (C=O) groups excluding carboxylic acids is 1. The van der Waals surface area contributed by atoms with Gasteiger partial charge in [-0.15, -0.1) is 0 Å². The van der Waals surface area contributed by atoms with Crippen LogP contribution in [0.1, 0.15) is 58.3 Å². The summed E-state index contributed by atoms with van der Waals surface area (Å²) in [6, 6.07) is 0. The Kier molecular flexibility index (Phi) is 3.89. The normalized spacial score (nSPS) is 40.3. The molecule has 4 atom stereocenters. The van der Waals surface area contributed by atoms with Crippen LogP contribution in [0.4, 0.5) is 0 Å². The maximum Gasteiger partial charge on any atom is 0.308 e. The standard InChI is InChI=1S/C17H26O3/c1-17(11-16(18)19-2)14-9-5-3-7-12(14)13-8-4-6-10-15(13)20-17/h7,13-15H,3-6,8-11H2,1-2H3/t13-,14+,15+,17-/m1/s1. The quantitative estimate of drug-likeness (QED) is 0.571. The molecule has 20 heavy (non-hydrogen) atoms. The third-order valence-electron chi connectivity index (χ3n) is 5.49. The number of esters is 1. The van der Waals surface area contributed by atoms with E-state index in [0.29, 0.717) is 24.4 Å². The molecule has 3 aliphatic rings. The molecule has 0 radical (unpaired) electrons. The SMILES string of the molecule is COC(=O)C[C@@]1(C)O[C@H]2CCCC[C@@H]2C2=CCCC[C@@H]21. The fourth-order valence-corrected chi connectivity index (χ4v) is 4.54. The van der Waals surface area contributed by atoms with Gasteiger partial charge in [0.05, 0.1) is 25.2 Å². The molecule has 0 spiro atoms. The Balaban J connectivity index is 1.89. The summed E-state index contributed by atoms with van der Waals surface area (Å²) in [7, 11) is 1.47. The van der Waals surface area contributed by atoms with Gasteiger partial charge < -0.3 is 9.47 Å². The fraction of sp³-hybridized carbons (Fsp3) is 0.824. The van der Waals surface area contributed by atoms with Gasteiger partial charge in [0, 0.05) is 11.8 Å². The van der Waals surface area contributed by atoms with Crippen LogP contribution in [0.15, 0.2) is 11.6 Å². The van der Waals surface area contributed by atoms with Gasteiger partial charge in [-0.1, -0.05) is 24.5 Å². The summed E-state index contributed by atoms with van der Waals surface area (Å²) < 4.78 is 11.4.